The van der Waals surface area contributed by atoms with Crippen LogP contribution in [0.25, 0.3) is 10.9 Å². The van der Waals surface area contributed by atoms with E-state index in [1.54, 1.807) is 36.4 Å². The smallest absolute Gasteiger partial charge is 0.278 e. The highest BCUT2D eigenvalue weighted by atomic mass is 35.5. The van der Waals surface area contributed by atoms with Crippen molar-refractivity contribution in [3.8, 4) is 23.1 Å². The molecule has 8 heteroatoms. The van der Waals surface area contributed by atoms with Gasteiger partial charge in [0.05, 0.1) is 17.6 Å². The molecule has 0 saturated carbocycles. The lowest BCUT2D eigenvalue weighted by Gasteiger charge is -2.10. The molecule has 30 heavy (non-hydrogen) atoms. The van der Waals surface area contributed by atoms with Crippen LogP contribution in [0.4, 0.5) is 5.69 Å². The number of amides is 1. The molecule has 0 bridgehead atoms. The van der Waals surface area contributed by atoms with Crippen LogP contribution in [-0.4, -0.2) is 28.1 Å². The highest BCUT2D eigenvalue weighted by Crippen LogP contribution is 2.30. The molecule has 0 unspecified atom stereocenters. The minimum absolute atomic E-state index is 0.129. The summed E-state index contributed by atoms with van der Waals surface area (Å²) in [5.74, 6) is 0.209. The lowest BCUT2D eigenvalue weighted by molar-refractivity contribution is 0.101. The van der Waals surface area contributed by atoms with Gasteiger partial charge in [0.15, 0.2) is 17.2 Å². The fraction of sp³-hybridized carbons (Fsp3) is 0.0455. The van der Waals surface area contributed by atoms with Crippen molar-refractivity contribution in [1.82, 2.24) is 9.97 Å². The average Bonchev–Trinajstić information content (AvgIpc) is 2.75. The van der Waals surface area contributed by atoms with Crippen molar-refractivity contribution < 1.29 is 19.4 Å². The van der Waals surface area contributed by atoms with Gasteiger partial charge in [-0.05, 0) is 36.4 Å². The molecule has 4 aromatic rings. The van der Waals surface area contributed by atoms with Crippen LogP contribution in [0, 0.1) is 0 Å². The molecule has 0 fully saturated rings. The van der Waals surface area contributed by atoms with Crippen LogP contribution in [0.2, 0.25) is 5.02 Å². The van der Waals surface area contributed by atoms with Crippen molar-refractivity contribution in [2.45, 2.75) is 0 Å². The molecule has 7 nitrogen and oxygen atoms in total. The summed E-state index contributed by atoms with van der Waals surface area (Å²) in [6.45, 7) is 0. The fourth-order valence-electron chi connectivity index (χ4n) is 2.84. The maximum absolute atomic E-state index is 12.5. The van der Waals surface area contributed by atoms with Gasteiger partial charge in [0, 0.05) is 29.4 Å². The first-order chi connectivity index (χ1) is 14.5. The Labute approximate surface area is 176 Å². The van der Waals surface area contributed by atoms with Gasteiger partial charge < -0.3 is 19.9 Å². The number of hydrogen-bond donors (Lipinski definition) is 2. The van der Waals surface area contributed by atoms with Crippen LogP contribution in [-0.2, 0) is 0 Å². The third kappa shape index (κ3) is 3.97. The standard InChI is InChI=1S/C22H16ClN3O4/c1-29-18-10-11-24-20(21(18)27)22(28)25-14-7-8-16-13(12-14)6-9-19(26-16)30-17-5-3-2-4-15(17)23/h2-12,27H,1H3,(H,25,28). The summed E-state index contributed by atoms with van der Waals surface area (Å²) >= 11 is 6.12. The Bertz CT molecular complexity index is 1250. The molecule has 2 aromatic heterocycles. The monoisotopic (exact) mass is 421 g/mol. The normalized spacial score (nSPS) is 10.6. The minimum atomic E-state index is -0.558. The molecular formula is C22H16ClN3O4. The zero-order valence-electron chi connectivity index (χ0n) is 15.8. The lowest BCUT2D eigenvalue weighted by Crippen LogP contribution is -2.14. The summed E-state index contributed by atoms with van der Waals surface area (Å²) in [7, 11) is 1.40. The first-order valence-electron chi connectivity index (χ1n) is 8.91. The third-order valence-corrected chi connectivity index (χ3v) is 4.61. The van der Waals surface area contributed by atoms with E-state index in [0.717, 1.165) is 5.39 Å². The minimum Gasteiger partial charge on any atom is -0.503 e. The third-order valence-electron chi connectivity index (χ3n) is 4.29. The largest absolute Gasteiger partial charge is 0.503 e. The Hall–Kier alpha value is -3.84. The summed E-state index contributed by atoms with van der Waals surface area (Å²) in [6.07, 6.45) is 1.39. The van der Waals surface area contributed by atoms with E-state index in [2.05, 4.69) is 15.3 Å². The second-order valence-electron chi connectivity index (χ2n) is 6.25. The number of para-hydroxylation sites is 1. The molecule has 0 radical (unpaired) electrons. The summed E-state index contributed by atoms with van der Waals surface area (Å²) < 4.78 is 10.8. The molecule has 1 amide bonds. The van der Waals surface area contributed by atoms with Gasteiger partial charge in [0.1, 0.15) is 5.75 Å². The van der Waals surface area contributed by atoms with E-state index in [1.165, 1.54) is 19.4 Å². The number of carbonyl (C=O) groups excluding carboxylic acids is 1. The topological polar surface area (TPSA) is 93.6 Å². The van der Waals surface area contributed by atoms with E-state index in [-0.39, 0.29) is 17.2 Å². The Morgan fingerprint density at radius 1 is 1.07 bits per heavy atom. The second-order valence-corrected chi connectivity index (χ2v) is 6.66. The number of benzene rings is 2. The van der Waals surface area contributed by atoms with Crippen LogP contribution >= 0.6 is 11.6 Å². The first-order valence-corrected chi connectivity index (χ1v) is 9.29. The van der Waals surface area contributed by atoms with Gasteiger partial charge in [-0.25, -0.2) is 9.97 Å². The van der Waals surface area contributed by atoms with E-state index < -0.39 is 5.91 Å². The zero-order valence-corrected chi connectivity index (χ0v) is 16.6. The predicted molar refractivity (Wildman–Crippen MR) is 114 cm³/mol. The Kier molecular flexibility index (Phi) is 5.36. The van der Waals surface area contributed by atoms with Crippen molar-refractivity contribution >= 4 is 34.1 Å². The first kappa shape index (κ1) is 19.5. The molecule has 150 valence electrons. The van der Waals surface area contributed by atoms with Crippen molar-refractivity contribution in [1.29, 1.82) is 0 Å². The summed E-state index contributed by atoms with van der Waals surface area (Å²) in [5.41, 5.74) is 1.08. The van der Waals surface area contributed by atoms with Gasteiger partial charge in [-0.3, -0.25) is 4.79 Å². The van der Waals surface area contributed by atoms with Crippen LogP contribution in [0.5, 0.6) is 23.1 Å². The van der Waals surface area contributed by atoms with Gasteiger partial charge in [-0.2, -0.15) is 0 Å². The molecule has 2 heterocycles. The van der Waals surface area contributed by atoms with Crippen molar-refractivity contribution in [3.63, 3.8) is 0 Å². The molecule has 0 saturated heterocycles. The molecule has 0 aliphatic carbocycles. The van der Waals surface area contributed by atoms with E-state index in [4.69, 9.17) is 21.1 Å². The predicted octanol–water partition coefficient (Wildman–Crippen LogP) is 5.04. The number of nitrogens with zero attached hydrogens (tertiary/aromatic N) is 2. The molecule has 4 rings (SSSR count). The van der Waals surface area contributed by atoms with Gasteiger partial charge in [0.25, 0.3) is 5.91 Å². The van der Waals surface area contributed by atoms with Gasteiger partial charge in [0.2, 0.25) is 5.88 Å². The van der Waals surface area contributed by atoms with Crippen LogP contribution < -0.4 is 14.8 Å². The molecular weight excluding hydrogens is 406 g/mol. The zero-order chi connectivity index (χ0) is 21.1. The number of carbonyl (C=O) groups is 1. The van der Waals surface area contributed by atoms with E-state index >= 15 is 0 Å². The summed E-state index contributed by atoms with van der Waals surface area (Å²) in [4.78, 5) is 20.9. The Balaban J connectivity index is 1.55. The quantitative estimate of drug-likeness (QED) is 0.468. The summed E-state index contributed by atoms with van der Waals surface area (Å²) in [6, 6.07) is 17.4. The van der Waals surface area contributed by atoms with Crippen LogP contribution in [0.1, 0.15) is 10.5 Å². The number of aromatic nitrogens is 2. The number of ether oxygens (including phenoxy) is 2. The molecule has 0 atom stereocenters. The second kappa shape index (κ2) is 8.26. The number of methoxy groups -OCH3 is 1. The SMILES string of the molecule is COc1ccnc(C(=O)Nc2ccc3nc(Oc4ccccc4Cl)ccc3c2)c1O. The Morgan fingerprint density at radius 3 is 2.70 bits per heavy atom. The van der Waals surface area contributed by atoms with Crippen molar-refractivity contribution in [2.24, 2.45) is 0 Å². The van der Waals surface area contributed by atoms with E-state index in [9.17, 15) is 9.90 Å². The van der Waals surface area contributed by atoms with Gasteiger partial charge in [-0.15, -0.1) is 0 Å². The number of anilines is 1. The number of pyridine rings is 2. The van der Waals surface area contributed by atoms with Crippen LogP contribution in [0.3, 0.4) is 0 Å². The van der Waals surface area contributed by atoms with Gasteiger partial charge >= 0.3 is 0 Å². The molecule has 0 spiro atoms. The molecule has 0 aliphatic rings. The maximum Gasteiger partial charge on any atom is 0.278 e. The van der Waals surface area contributed by atoms with E-state index in [0.29, 0.717) is 27.9 Å². The number of nitrogens with one attached hydrogen (secondary N) is 1. The number of halogens is 1. The number of aromatic hydroxyl groups is 1. The van der Waals surface area contributed by atoms with Crippen molar-refractivity contribution in [2.75, 3.05) is 12.4 Å². The summed E-state index contributed by atoms with van der Waals surface area (Å²) in [5, 5.41) is 14.1. The molecule has 0 aliphatic heterocycles. The number of hydrogen-bond acceptors (Lipinski definition) is 6. The Morgan fingerprint density at radius 2 is 1.90 bits per heavy atom. The van der Waals surface area contributed by atoms with E-state index in [1.807, 2.05) is 18.2 Å². The fourth-order valence-corrected chi connectivity index (χ4v) is 3.01. The molecule has 2 N–H and O–H groups in total. The highest BCUT2D eigenvalue weighted by Gasteiger charge is 2.17. The van der Waals surface area contributed by atoms with Gasteiger partial charge in [-0.1, -0.05) is 23.7 Å². The number of rotatable bonds is 5. The lowest BCUT2D eigenvalue weighted by atomic mass is 10.2. The highest BCUT2D eigenvalue weighted by molar-refractivity contribution is 6.32. The molecule has 2 aromatic carbocycles. The van der Waals surface area contributed by atoms with Crippen molar-refractivity contribution in [3.05, 3.63) is 77.6 Å². The average molecular weight is 422 g/mol. The maximum atomic E-state index is 12.5. The van der Waals surface area contributed by atoms with Crippen LogP contribution in [0.15, 0.2) is 66.9 Å². The number of fused-ring (bicyclic) bond motifs is 1.